The Morgan fingerprint density at radius 1 is 1.44 bits per heavy atom. The van der Waals surface area contributed by atoms with Gasteiger partial charge in [-0.05, 0) is 30.9 Å². The number of aromatic nitrogens is 1. The van der Waals surface area contributed by atoms with E-state index in [2.05, 4.69) is 17.2 Å². The van der Waals surface area contributed by atoms with Gasteiger partial charge in [0.1, 0.15) is 11.5 Å². The lowest BCUT2D eigenvalue weighted by Gasteiger charge is -2.31. The maximum absolute atomic E-state index is 12.3. The Kier molecular flexibility index (Phi) is 4.18. The molecule has 0 radical (unpaired) electrons. The van der Waals surface area contributed by atoms with E-state index in [4.69, 9.17) is 0 Å². The van der Waals surface area contributed by atoms with Gasteiger partial charge in [-0.25, -0.2) is 4.98 Å². The molecule has 4 heteroatoms. The fraction of sp³-hybridized carbons (Fsp3) is 0.571. The molecule has 1 fully saturated rings. The first-order valence-corrected chi connectivity index (χ1v) is 6.68. The van der Waals surface area contributed by atoms with Crippen molar-refractivity contribution in [2.75, 3.05) is 25.5 Å². The number of likely N-dealkylation sites (tertiary alicyclic amines) is 1. The SMILES string of the molecule is CCC1CCN(C(=O)c2cccc(NC)n2)CC1. The van der Waals surface area contributed by atoms with Crippen LogP contribution in [-0.4, -0.2) is 35.9 Å². The molecule has 0 bridgehead atoms. The number of carbonyl (C=O) groups excluding carboxylic acids is 1. The Morgan fingerprint density at radius 2 is 2.17 bits per heavy atom. The third-order valence-electron chi connectivity index (χ3n) is 3.70. The molecule has 1 aromatic heterocycles. The van der Waals surface area contributed by atoms with Gasteiger partial charge in [0.05, 0.1) is 0 Å². The van der Waals surface area contributed by atoms with E-state index >= 15 is 0 Å². The van der Waals surface area contributed by atoms with E-state index in [9.17, 15) is 4.79 Å². The number of rotatable bonds is 3. The molecule has 1 aliphatic rings. The van der Waals surface area contributed by atoms with Crippen molar-refractivity contribution in [2.45, 2.75) is 26.2 Å². The van der Waals surface area contributed by atoms with Crippen molar-refractivity contribution in [2.24, 2.45) is 5.92 Å². The van der Waals surface area contributed by atoms with Crippen molar-refractivity contribution in [1.29, 1.82) is 0 Å². The average Bonchev–Trinajstić information content (AvgIpc) is 2.46. The number of hydrogen-bond donors (Lipinski definition) is 1. The Hall–Kier alpha value is -1.58. The first kappa shape index (κ1) is 12.9. The summed E-state index contributed by atoms with van der Waals surface area (Å²) in [5, 5.41) is 2.96. The van der Waals surface area contributed by atoms with E-state index in [1.165, 1.54) is 6.42 Å². The lowest BCUT2D eigenvalue weighted by atomic mass is 9.94. The van der Waals surface area contributed by atoms with Gasteiger partial charge in [-0.2, -0.15) is 0 Å². The first-order valence-electron chi connectivity index (χ1n) is 6.68. The second kappa shape index (κ2) is 5.85. The molecule has 0 atom stereocenters. The smallest absolute Gasteiger partial charge is 0.272 e. The monoisotopic (exact) mass is 247 g/mol. The topological polar surface area (TPSA) is 45.2 Å². The van der Waals surface area contributed by atoms with Gasteiger partial charge in [0.15, 0.2) is 0 Å². The first-order chi connectivity index (χ1) is 8.74. The third-order valence-corrected chi connectivity index (χ3v) is 3.70. The molecule has 2 heterocycles. The second-order valence-corrected chi connectivity index (χ2v) is 4.80. The van der Waals surface area contributed by atoms with Crippen LogP contribution in [0.15, 0.2) is 18.2 Å². The number of pyridine rings is 1. The van der Waals surface area contributed by atoms with E-state index in [-0.39, 0.29) is 5.91 Å². The van der Waals surface area contributed by atoms with Crippen LogP contribution in [-0.2, 0) is 0 Å². The van der Waals surface area contributed by atoms with Crippen molar-refractivity contribution in [3.63, 3.8) is 0 Å². The summed E-state index contributed by atoms with van der Waals surface area (Å²) >= 11 is 0. The largest absolute Gasteiger partial charge is 0.373 e. The van der Waals surface area contributed by atoms with Gasteiger partial charge >= 0.3 is 0 Å². The van der Waals surface area contributed by atoms with Crippen molar-refractivity contribution < 1.29 is 4.79 Å². The van der Waals surface area contributed by atoms with Gasteiger partial charge in [0.2, 0.25) is 0 Å². The molecule has 0 saturated carbocycles. The van der Waals surface area contributed by atoms with Crippen LogP contribution >= 0.6 is 0 Å². The van der Waals surface area contributed by atoms with Gasteiger partial charge in [-0.1, -0.05) is 19.4 Å². The predicted octanol–water partition coefficient (Wildman–Crippen LogP) is 2.39. The summed E-state index contributed by atoms with van der Waals surface area (Å²) in [6.07, 6.45) is 3.46. The maximum Gasteiger partial charge on any atom is 0.272 e. The van der Waals surface area contributed by atoms with Gasteiger partial charge < -0.3 is 10.2 Å². The molecule has 1 aromatic rings. The third kappa shape index (κ3) is 2.81. The molecule has 98 valence electrons. The van der Waals surface area contributed by atoms with E-state index < -0.39 is 0 Å². The van der Waals surface area contributed by atoms with Gasteiger partial charge in [-0.3, -0.25) is 4.79 Å². The molecule has 18 heavy (non-hydrogen) atoms. The summed E-state index contributed by atoms with van der Waals surface area (Å²) in [5.74, 6) is 1.58. The van der Waals surface area contributed by atoms with E-state index in [0.29, 0.717) is 5.69 Å². The number of amides is 1. The molecule has 1 aliphatic heterocycles. The van der Waals surface area contributed by atoms with Crippen LogP contribution < -0.4 is 5.32 Å². The van der Waals surface area contributed by atoms with Gasteiger partial charge in [0.25, 0.3) is 5.91 Å². The average molecular weight is 247 g/mol. The minimum atomic E-state index is 0.0571. The molecule has 2 rings (SSSR count). The lowest BCUT2D eigenvalue weighted by molar-refractivity contribution is 0.0683. The van der Waals surface area contributed by atoms with Crippen molar-refractivity contribution in [3.8, 4) is 0 Å². The van der Waals surface area contributed by atoms with E-state index in [1.54, 1.807) is 6.07 Å². The zero-order valence-corrected chi connectivity index (χ0v) is 11.1. The lowest BCUT2D eigenvalue weighted by Crippen LogP contribution is -2.38. The molecule has 0 unspecified atom stereocenters. The predicted molar refractivity (Wildman–Crippen MR) is 72.7 cm³/mol. The fourth-order valence-electron chi connectivity index (χ4n) is 2.40. The highest BCUT2D eigenvalue weighted by Gasteiger charge is 2.23. The molecule has 1 saturated heterocycles. The molecule has 1 amide bonds. The van der Waals surface area contributed by atoms with E-state index in [1.807, 2.05) is 24.1 Å². The highest BCUT2D eigenvalue weighted by atomic mass is 16.2. The Labute approximate surface area is 108 Å². The molecular formula is C14H21N3O. The van der Waals surface area contributed by atoms with Crippen molar-refractivity contribution in [1.82, 2.24) is 9.88 Å². The zero-order chi connectivity index (χ0) is 13.0. The van der Waals surface area contributed by atoms with Crippen LogP contribution in [0.2, 0.25) is 0 Å². The summed E-state index contributed by atoms with van der Waals surface area (Å²) in [6.45, 7) is 3.95. The van der Waals surface area contributed by atoms with Crippen LogP contribution in [0.25, 0.3) is 0 Å². The number of anilines is 1. The van der Waals surface area contributed by atoms with Gasteiger partial charge in [-0.15, -0.1) is 0 Å². The van der Waals surface area contributed by atoms with Gasteiger partial charge in [0, 0.05) is 20.1 Å². The molecule has 0 aromatic carbocycles. The summed E-state index contributed by atoms with van der Waals surface area (Å²) in [7, 11) is 1.81. The minimum absolute atomic E-state index is 0.0571. The summed E-state index contributed by atoms with van der Waals surface area (Å²) < 4.78 is 0. The number of hydrogen-bond acceptors (Lipinski definition) is 3. The van der Waals surface area contributed by atoms with Crippen LogP contribution in [0.4, 0.5) is 5.82 Å². The number of nitrogens with one attached hydrogen (secondary N) is 1. The fourth-order valence-corrected chi connectivity index (χ4v) is 2.40. The highest BCUT2D eigenvalue weighted by molar-refractivity contribution is 5.92. The van der Waals surface area contributed by atoms with Crippen molar-refractivity contribution >= 4 is 11.7 Å². The summed E-state index contributed by atoms with van der Waals surface area (Å²) in [4.78, 5) is 18.5. The minimum Gasteiger partial charge on any atom is -0.373 e. The molecule has 0 aliphatic carbocycles. The summed E-state index contributed by atoms with van der Waals surface area (Å²) in [6, 6.07) is 5.51. The second-order valence-electron chi connectivity index (χ2n) is 4.80. The van der Waals surface area contributed by atoms with Crippen LogP contribution in [0.5, 0.6) is 0 Å². The highest BCUT2D eigenvalue weighted by Crippen LogP contribution is 2.21. The Balaban J connectivity index is 2.03. The van der Waals surface area contributed by atoms with Crippen LogP contribution in [0.1, 0.15) is 36.7 Å². The zero-order valence-electron chi connectivity index (χ0n) is 11.1. The quantitative estimate of drug-likeness (QED) is 0.892. The molecule has 4 nitrogen and oxygen atoms in total. The Morgan fingerprint density at radius 3 is 2.78 bits per heavy atom. The summed E-state index contributed by atoms with van der Waals surface area (Å²) in [5.41, 5.74) is 0.539. The standard InChI is InChI=1S/C14H21N3O/c1-3-11-7-9-17(10-8-11)14(18)12-5-4-6-13(15-2)16-12/h4-6,11H,3,7-10H2,1-2H3,(H,15,16). The van der Waals surface area contributed by atoms with E-state index in [0.717, 1.165) is 37.7 Å². The number of carbonyl (C=O) groups is 1. The van der Waals surface area contributed by atoms with Crippen LogP contribution in [0, 0.1) is 5.92 Å². The molecule has 1 N–H and O–H groups in total. The normalized spacial score (nSPS) is 16.7. The molecular weight excluding hydrogens is 226 g/mol. The number of piperidine rings is 1. The molecule has 0 spiro atoms. The van der Waals surface area contributed by atoms with Crippen molar-refractivity contribution in [3.05, 3.63) is 23.9 Å². The Bertz CT molecular complexity index is 411. The number of nitrogens with zero attached hydrogens (tertiary/aromatic N) is 2. The van der Waals surface area contributed by atoms with Crippen LogP contribution in [0.3, 0.4) is 0 Å². The maximum atomic E-state index is 12.3.